The quantitative estimate of drug-likeness (QED) is 0.174. The van der Waals surface area contributed by atoms with E-state index in [1.165, 1.54) is 58.1 Å². The van der Waals surface area contributed by atoms with Crippen molar-refractivity contribution in [1.29, 1.82) is 0 Å². The molecule has 0 atom stereocenters. The minimum atomic E-state index is 0.900. The van der Waals surface area contributed by atoms with Gasteiger partial charge in [-0.1, -0.05) is 121 Å². The number of rotatable bonds is 4. The van der Waals surface area contributed by atoms with Crippen molar-refractivity contribution < 1.29 is 4.42 Å². The van der Waals surface area contributed by atoms with Crippen molar-refractivity contribution in [2.75, 3.05) is 0 Å². The number of furan rings is 1. The van der Waals surface area contributed by atoms with Crippen LogP contribution in [0.1, 0.15) is 0 Å². The summed E-state index contributed by atoms with van der Waals surface area (Å²) < 4.78 is 16.5. The summed E-state index contributed by atoms with van der Waals surface area (Å²) in [7, 11) is 0. The summed E-state index contributed by atoms with van der Waals surface area (Å²) in [6, 6.07) is 73.1. The molecule has 0 N–H and O–H groups in total. The van der Waals surface area contributed by atoms with Gasteiger partial charge in [0.15, 0.2) is 0 Å². The Morgan fingerprint density at radius 3 is 1.87 bits per heavy atom. The molecule has 0 unspecified atom stereocenters. The predicted molar refractivity (Wildman–Crippen MR) is 258 cm³/mol. The molecule has 0 fully saturated rings. The SMILES string of the molecule is c1ccc(-n2c3ccccc3c3cccc(-n4c5ccccc5c5c6cc(-c7ccc8c(c7)oc7ccccc78)ccc6n(-c6ccc7c(c6)sc6ccccc67)c54)c32)cc1. The minimum Gasteiger partial charge on any atom is -0.456 e. The van der Waals surface area contributed by atoms with Gasteiger partial charge < -0.3 is 8.98 Å². The van der Waals surface area contributed by atoms with E-state index in [1.807, 2.05) is 23.5 Å². The van der Waals surface area contributed by atoms with Crippen LogP contribution in [0.15, 0.2) is 205 Å². The summed E-state index contributed by atoms with van der Waals surface area (Å²) >= 11 is 1.86. The van der Waals surface area contributed by atoms with Gasteiger partial charge in [0.2, 0.25) is 0 Å². The zero-order chi connectivity index (χ0) is 39.8. The highest BCUT2D eigenvalue weighted by Crippen LogP contribution is 2.46. The van der Waals surface area contributed by atoms with E-state index in [0.29, 0.717) is 0 Å². The van der Waals surface area contributed by atoms with Gasteiger partial charge in [0.1, 0.15) is 16.8 Å². The molecule has 61 heavy (non-hydrogen) atoms. The fourth-order valence-corrected chi connectivity index (χ4v) is 11.4. The molecule has 0 radical (unpaired) electrons. The Labute approximate surface area is 352 Å². The molecule has 0 saturated heterocycles. The van der Waals surface area contributed by atoms with Crippen molar-refractivity contribution in [3.05, 3.63) is 200 Å². The standard InChI is InChI=1S/C56H33N3OS/c1-2-13-36(14-3-1)57-46-20-8-4-15-38(46)43-19-12-22-49(55(43)57)59-47-21-9-5-18-44(47)54-45-31-34(35-25-28-40-39-16-6-10-23-50(39)60-51(40)32-35)26-30-48(45)58(56(54)59)37-27-29-42-41-17-7-11-24-52(41)61-53(42)33-37/h1-33H. The van der Waals surface area contributed by atoms with Crippen LogP contribution in [0.2, 0.25) is 0 Å². The van der Waals surface area contributed by atoms with Gasteiger partial charge >= 0.3 is 0 Å². The maximum absolute atomic E-state index is 6.39. The maximum Gasteiger partial charge on any atom is 0.136 e. The van der Waals surface area contributed by atoms with Crippen LogP contribution in [0.3, 0.4) is 0 Å². The van der Waals surface area contributed by atoms with Gasteiger partial charge in [-0.25, -0.2) is 0 Å². The highest BCUT2D eigenvalue weighted by Gasteiger charge is 2.26. The first-order chi connectivity index (χ1) is 30.3. The second-order valence-electron chi connectivity index (χ2n) is 16.1. The van der Waals surface area contributed by atoms with Gasteiger partial charge in [0.05, 0.1) is 27.8 Å². The predicted octanol–water partition coefficient (Wildman–Crippen LogP) is 15.8. The van der Waals surface area contributed by atoms with Gasteiger partial charge in [0.25, 0.3) is 0 Å². The largest absolute Gasteiger partial charge is 0.456 e. The lowest BCUT2D eigenvalue weighted by atomic mass is 10.0. The molecule has 0 bridgehead atoms. The number of para-hydroxylation sites is 5. The maximum atomic E-state index is 6.39. The lowest BCUT2D eigenvalue weighted by Crippen LogP contribution is -2.04. The Balaban J connectivity index is 1.12. The van der Waals surface area contributed by atoms with E-state index in [2.05, 4.69) is 202 Å². The van der Waals surface area contributed by atoms with Gasteiger partial charge in [-0.15, -0.1) is 11.3 Å². The molecule has 0 spiro atoms. The molecule has 5 heterocycles. The normalized spacial score (nSPS) is 12.3. The molecule has 14 rings (SSSR count). The number of aromatic nitrogens is 3. The molecule has 5 heteroatoms. The smallest absolute Gasteiger partial charge is 0.136 e. The van der Waals surface area contributed by atoms with Crippen LogP contribution in [0.25, 0.3) is 125 Å². The van der Waals surface area contributed by atoms with E-state index in [4.69, 9.17) is 4.42 Å². The van der Waals surface area contributed by atoms with Crippen LogP contribution in [0.4, 0.5) is 0 Å². The van der Waals surface area contributed by atoms with E-state index in [0.717, 1.165) is 66.8 Å². The number of fused-ring (bicyclic) bond motifs is 14. The number of thiophene rings is 1. The number of nitrogens with zero attached hydrogens (tertiary/aromatic N) is 3. The van der Waals surface area contributed by atoms with E-state index < -0.39 is 0 Å². The Kier molecular flexibility index (Phi) is 6.68. The van der Waals surface area contributed by atoms with E-state index >= 15 is 0 Å². The van der Waals surface area contributed by atoms with Crippen LogP contribution in [-0.4, -0.2) is 13.7 Å². The van der Waals surface area contributed by atoms with Crippen molar-refractivity contribution in [2.24, 2.45) is 0 Å². The number of hydrogen-bond acceptors (Lipinski definition) is 2. The molecule has 4 nitrogen and oxygen atoms in total. The molecule has 9 aromatic carbocycles. The second-order valence-corrected chi connectivity index (χ2v) is 17.2. The van der Waals surface area contributed by atoms with Crippen LogP contribution in [0, 0.1) is 0 Å². The third-order valence-electron chi connectivity index (χ3n) is 12.8. The Hall–Kier alpha value is -7.86. The molecule has 0 aliphatic carbocycles. The first kappa shape index (κ1) is 33.0. The number of benzene rings is 9. The summed E-state index contributed by atoms with van der Waals surface area (Å²) in [4.78, 5) is 0. The first-order valence-corrected chi connectivity index (χ1v) is 21.6. The van der Waals surface area contributed by atoms with Gasteiger partial charge in [-0.2, -0.15) is 0 Å². The van der Waals surface area contributed by atoms with E-state index in [-0.39, 0.29) is 0 Å². The molecular weight excluding hydrogens is 763 g/mol. The van der Waals surface area contributed by atoms with Gasteiger partial charge in [-0.3, -0.25) is 9.13 Å². The highest BCUT2D eigenvalue weighted by atomic mass is 32.1. The van der Waals surface area contributed by atoms with Crippen molar-refractivity contribution in [2.45, 2.75) is 0 Å². The van der Waals surface area contributed by atoms with Crippen molar-refractivity contribution >= 4 is 108 Å². The molecule has 0 amide bonds. The van der Waals surface area contributed by atoms with Crippen molar-refractivity contribution in [3.8, 4) is 28.2 Å². The lowest BCUT2D eigenvalue weighted by molar-refractivity contribution is 0.669. The van der Waals surface area contributed by atoms with Crippen molar-refractivity contribution in [1.82, 2.24) is 13.7 Å². The topological polar surface area (TPSA) is 27.9 Å². The van der Waals surface area contributed by atoms with E-state index in [9.17, 15) is 0 Å². The summed E-state index contributed by atoms with van der Waals surface area (Å²) in [6.07, 6.45) is 0. The summed E-state index contributed by atoms with van der Waals surface area (Å²) in [5.74, 6) is 0. The Bertz CT molecular complexity index is 4120. The zero-order valence-electron chi connectivity index (χ0n) is 32.7. The van der Waals surface area contributed by atoms with Crippen LogP contribution >= 0.6 is 11.3 Å². The van der Waals surface area contributed by atoms with Gasteiger partial charge in [-0.05, 0) is 90.0 Å². The van der Waals surface area contributed by atoms with Crippen molar-refractivity contribution in [3.63, 3.8) is 0 Å². The molecule has 14 aromatic rings. The molecular formula is C56H33N3OS. The van der Waals surface area contributed by atoms with Crippen LogP contribution in [0.5, 0.6) is 0 Å². The minimum absolute atomic E-state index is 0.900. The second kappa shape index (κ2) is 12.3. The molecule has 5 aromatic heterocycles. The molecule has 284 valence electrons. The third kappa shape index (κ3) is 4.58. The monoisotopic (exact) mass is 795 g/mol. The Morgan fingerprint density at radius 2 is 0.984 bits per heavy atom. The summed E-state index contributed by atoms with van der Waals surface area (Å²) in [5, 5.41) is 11.0. The lowest BCUT2D eigenvalue weighted by Gasteiger charge is -2.16. The summed E-state index contributed by atoms with van der Waals surface area (Å²) in [6.45, 7) is 0. The average Bonchev–Trinajstić information content (AvgIpc) is 4.12. The number of hydrogen-bond donors (Lipinski definition) is 0. The van der Waals surface area contributed by atoms with Gasteiger partial charge in [0, 0.05) is 69.3 Å². The fourth-order valence-electron chi connectivity index (χ4n) is 10.2. The fraction of sp³-hybridized carbons (Fsp3) is 0. The molecule has 0 aliphatic heterocycles. The highest BCUT2D eigenvalue weighted by molar-refractivity contribution is 7.25. The summed E-state index contributed by atoms with van der Waals surface area (Å²) in [5.41, 5.74) is 13.3. The Morgan fingerprint density at radius 1 is 0.344 bits per heavy atom. The third-order valence-corrected chi connectivity index (χ3v) is 14.0. The van der Waals surface area contributed by atoms with Crippen LogP contribution < -0.4 is 0 Å². The average molecular weight is 796 g/mol. The van der Waals surface area contributed by atoms with E-state index in [1.54, 1.807) is 0 Å². The molecule has 0 aliphatic rings. The van der Waals surface area contributed by atoms with Crippen LogP contribution in [-0.2, 0) is 0 Å². The first-order valence-electron chi connectivity index (χ1n) is 20.8. The zero-order valence-corrected chi connectivity index (χ0v) is 33.5. The molecule has 0 saturated carbocycles.